The summed E-state index contributed by atoms with van der Waals surface area (Å²) in [5.74, 6) is -1.21. The van der Waals surface area contributed by atoms with Crippen molar-refractivity contribution in [1.29, 1.82) is 0 Å². The van der Waals surface area contributed by atoms with Crippen LogP contribution in [0.1, 0.15) is 24.8 Å². The second-order valence-corrected chi connectivity index (χ2v) is 4.86. The molecule has 0 atom stereocenters. The smallest absolute Gasteiger partial charge is 0.221 e. The Labute approximate surface area is 111 Å². The summed E-state index contributed by atoms with van der Waals surface area (Å²) >= 11 is 0. The monoisotopic (exact) mass is 268 g/mol. The lowest BCUT2D eigenvalue weighted by atomic mass is 10.1. The zero-order valence-electron chi connectivity index (χ0n) is 10.7. The third-order valence-corrected chi connectivity index (χ3v) is 3.02. The Hall–Kier alpha value is -1.49. The minimum atomic E-state index is -0.588. The molecule has 0 heterocycles. The third kappa shape index (κ3) is 5.34. The van der Waals surface area contributed by atoms with E-state index in [0.717, 1.165) is 6.07 Å². The largest absolute Gasteiger partial charge is 0.356 e. The van der Waals surface area contributed by atoms with E-state index in [2.05, 4.69) is 10.6 Å². The fourth-order valence-corrected chi connectivity index (χ4v) is 1.87. The molecule has 0 bridgehead atoms. The summed E-state index contributed by atoms with van der Waals surface area (Å²) in [6.45, 7) is 1.08. The lowest BCUT2D eigenvalue weighted by molar-refractivity contribution is -0.120. The Balaban J connectivity index is 1.62. The molecule has 3 nitrogen and oxygen atoms in total. The molecule has 1 aliphatic carbocycles. The summed E-state index contributed by atoms with van der Waals surface area (Å²) in [4.78, 5) is 11.5. The molecule has 0 unspecified atom stereocenters. The number of carbonyl (C=O) groups excluding carboxylic acids is 1. The van der Waals surface area contributed by atoms with Crippen molar-refractivity contribution in [2.45, 2.75) is 31.7 Å². The van der Waals surface area contributed by atoms with Crippen LogP contribution in [0.2, 0.25) is 0 Å². The lowest BCUT2D eigenvalue weighted by Gasteiger charge is -2.06. The molecule has 0 spiro atoms. The van der Waals surface area contributed by atoms with Crippen LogP contribution in [0.5, 0.6) is 0 Å². The van der Waals surface area contributed by atoms with E-state index in [4.69, 9.17) is 0 Å². The highest BCUT2D eigenvalue weighted by Gasteiger charge is 2.19. The summed E-state index contributed by atoms with van der Waals surface area (Å²) in [5, 5.41) is 5.99. The van der Waals surface area contributed by atoms with Crippen molar-refractivity contribution in [3.05, 3.63) is 35.4 Å². The van der Waals surface area contributed by atoms with E-state index in [-0.39, 0.29) is 5.91 Å². The van der Waals surface area contributed by atoms with E-state index in [1.165, 1.54) is 25.0 Å². The first-order valence-corrected chi connectivity index (χ1v) is 6.58. The van der Waals surface area contributed by atoms with Gasteiger partial charge in [-0.25, -0.2) is 8.78 Å². The van der Waals surface area contributed by atoms with Gasteiger partial charge in [-0.15, -0.1) is 0 Å². The number of rotatable bonds is 7. The molecule has 2 N–H and O–H groups in total. The standard InChI is InChI=1S/C14H18F2N2O/c15-11-7-10(8-12(16)9-11)3-5-18-14(19)4-6-17-13-1-2-13/h7-9,13,17H,1-6H2,(H,18,19). The average Bonchev–Trinajstić information content (AvgIpc) is 3.11. The van der Waals surface area contributed by atoms with Gasteiger partial charge < -0.3 is 10.6 Å². The van der Waals surface area contributed by atoms with Crippen molar-refractivity contribution < 1.29 is 13.6 Å². The number of amides is 1. The molecule has 1 aliphatic rings. The summed E-state index contributed by atoms with van der Waals surface area (Å²) < 4.78 is 25.9. The van der Waals surface area contributed by atoms with Crippen molar-refractivity contribution in [2.24, 2.45) is 0 Å². The first-order valence-electron chi connectivity index (χ1n) is 6.58. The molecule has 1 fully saturated rings. The molecule has 1 aromatic rings. The topological polar surface area (TPSA) is 41.1 Å². The van der Waals surface area contributed by atoms with Crippen molar-refractivity contribution >= 4 is 5.91 Å². The molecule has 0 radical (unpaired) electrons. The Morgan fingerprint density at radius 3 is 2.47 bits per heavy atom. The van der Waals surface area contributed by atoms with Crippen LogP contribution in [0.3, 0.4) is 0 Å². The van der Waals surface area contributed by atoms with Crippen LogP contribution >= 0.6 is 0 Å². The van der Waals surface area contributed by atoms with Gasteiger partial charge in [0.1, 0.15) is 11.6 Å². The first kappa shape index (κ1) is 13.9. The maximum Gasteiger partial charge on any atom is 0.221 e. The second-order valence-electron chi connectivity index (χ2n) is 4.86. The van der Waals surface area contributed by atoms with Crippen LogP contribution in [-0.4, -0.2) is 25.0 Å². The van der Waals surface area contributed by atoms with Crippen LogP contribution in [0, 0.1) is 11.6 Å². The van der Waals surface area contributed by atoms with Gasteiger partial charge in [0.2, 0.25) is 5.91 Å². The number of hydrogen-bond acceptors (Lipinski definition) is 2. The molecule has 0 aromatic heterocycles. The van der Waals surface area contributed by atoms with Crippen LogP contribution in [0.15, 0.2) is 18.2 Å². The fourth-order valence-electron chi connectivity index (χ4n) is 1.87. The molecule has 104 valence electrons. The quantitative estimate of drug-likeness (QED) is 0.791. The van der Waals surface area contributed by atoms with Gasteiger partial charge in [0, 0.05) is 31.6 Å². The maximum atomic E-state index is 12.9. The van der Waals surface area contributed by atoms with Crippen LogP contribution < -0.4 is 10.6 Å². The Kier molecular flexibility index (Phi) is 4.85. The maximum absolute atomic E-state index is 12.9. The predicted octanol–water partition coefficient (Wildman–Crippen LogP) is 1.77. The Morgan fingerprint density at radius 1 is 1.16 bits per heavy atom. The van der Waals surface area contributed by atoms with Gasteiger partial charge in [-0.3, -0.25) is 4.79 Å². The van der Waals surface area contributed by atoms with Gasteiger partial charge >= 0.3 is 0 Å². The zero-order valence-corrected chi connectivity index (χ0v) is 10.7. The molecule has 1 aromatic carbocycles. The molecule has 19 heavy (non-hydrogen) atoms. The highest BCUT2D eigenvalue weighted by molar-refractivity contribution is 5.76. The van der Waals surface area contributed by atoms with Gasteiger partial charge in [-0.1, -0.05) is 0 Å². The third-order valence-electron chi connectivity index (χ3n) is 3.02. The number of carbonyl (C=O) groups is 1. The number of halogens is 2. The molecule has 0 aliphatic heterocycles. The Bertz CT molecular complexity index is 427. The highest BCUT2D eigenvalue weighted by atomic mass is 19.1. The summed E-state index contributed by atoms with van der Waals surface area (Å²) in [6.07, 6.45) is 3.27. The van der Waals surface area contributed by atoms with Crippen LogP contribution in [-0.2, 0) is 11.2 Å². The summed E-state index contributed by atoms with van der Waals surface area (Å²) in [6, 6.07) is 4.00. The predicted molar refractivity (Wildman–Crippen MR) is 68.7 cm³/mol. The molecular formula is C14H18F2N2O. The SMILES string of the molecule is O=C(CCNC1CC1)NCCc1cc(F)cc(F)c1. The van der Waals surface area contributed by atoms with Crippen LogP contribution in [0.25, 0.3) is 0 Å². The van der Waals surface area contributed by atoms with E-state index in [9.17, 15) is 13.6 Å². The van der Waals surface area contributed by atoms with Crippen molar-refractivity contribution in [3.8, 4) is 0 Å². The minimum absolute atomic E-state index is 0.0370. The van der Waals surface area contributed by atoms with E-state index < -0.39 is 11.6 Å². The van der Waals surface area contributed by atoms with Crippen LogP contribution in [0.4, 0.5) is 8.78 Å². The minimum Gasteiger partial charge on any atom is -0.356 e. The lowest BCUT2D eigenvalue weighted by Crippen LogP contribution is -2.29. The number of hydrogen-bond donors (Lipinski definition) is 2. The molecule has 1 amide bonds. The van der Waals surface area contributed by atoms with Gasteiger partial charge in [-0.05, 0) is 37.0 Å². The summed E-state index contributed by atoms with van der Waals surface area (Å²) in [5.41, 5.74) is 0.550. The van der Waals surface area contributed by atoms with E-state index in [0.29, 0.717) is 37.5 Å². The van der Waals surface area contributed by atoms with Crippen molar-refractivity contribution in [2.75, 3.05) is 13.1 Å². The van der Waals surface area contributed by atoms with E-state index in [1.807, 2.05) is 0 Å². The van der Waals surface area contributed by atoms with E-state index in [1.54, 1.807) is 0 Å². The van der Waals surface area contributed by atoms with Gasteiger partial charge in [-0.2, -0.15) is 0 Å². The van der Waals surface area contributed by atoms with Crippen molar-refractivity contribution in [3.63, 3.8) is 0 Å². The van der Waals surface area contributed by atoms with Gasteiger partial charge in [0.25, 0.3) is 0 Å². The van der Waals surface area contributed by atoms with Gasteiger partial charge in [0.15, 0.2) is 0 Å². The normalized spacial score (nSPS) is 14.4. The first-order chi connectivity index (χ1) is 9.13. The molecular weight excluding hydrogens is 250 g/mol. The Morgan fingerprint density at radius 2 is 1.84 bits per heavy atom. The average molecular weight is 268 g/mol. The van der Waals surface area contributed by atoms with E-state index >= 15 is 0 Å². The second kappa shape index (κ2) is 6.61. The number of benzene rings is 1. The molecule has 0 saturated heterocycles. The van der Waals surface area contributed by atoms with Crippen molar-refractivity contribution in [1.82, 2.24) is 10.6 Å². The zero-order chi connectivity index (χ0) is 13.7. The molecule has 2 rings (SSSR count). The fraction of sp³-hybridized carbons (Fsp3) is 0.500. The summed E-state index contributed by atoms with van der Waals surface area (Å²) in [7, 11) is 0. The molecule has 5 heteroatoms. The highest BCUT2D eigenvalue weighted by Crippen LogP contribution is 2.18. The molecule has 1 saturated carbocycles. The number of nitrogens with one attached hydrogen (secondary N) is 2. The van der Waals surface area contributed by atoms with Gasteiger partial charge in [0.05, 0.1) is 0 Å².